The first kappa shape index (κ1) is 14.8. The fraction of sp³-hybridized carbons (Fsp3) is 0.929. The number of rotatable bonds is 6. The molecule has 1 amide bonds. The molecule has 0 unspecified atom stereocenters. The van der Waals surface area contributed by atoms with E-state index in [1.807, 2.05) is 11.8 Å². The second kappa shape index (κ2) is 6.68. The maximum Gasteiger partial charge on any atom is 0.251 e. The number of ether oxygens (including phenoxy) is 1. The van der Waals surface area contributed by atoms with Gasteiger partial charge in [-0.1, -0.05) is 0 Å². The maximum atomic E-state index is 12.2. The molecule has 1 aliphatic carbocycles. The number of aliphatic hydroxyl groups is 1. The first-order valence-electron chi connectivity index (χ1n) is 7.37. The van der Waals surface area contributed by atoms with Gasteiger partial charge in [-0.3, -0.25) is 9.69 Å². The lowest BCUT2D eigenvalue weighted by Crippen LogP contribution is -2.52. The Morgan fingerprint density at radius 2 is 1.89 bits per heavy atom. The van der Waals surface area contributed by atoms with Crippen LogP contribution >= 0.6 is 0 Å². The molecule has 0 aromatic carbocycles. The molecule has 1 aliphatic heterocycles. The molecule has 0 bridgehead atoms. The van der Waals surface area contributed by atoms with Crippen molar-refractivity contribution in [2.24, 2.45) is 5.92 Å². The first-order chi connectivity index (χ1) is 9.06. The third kappa shape index (κ3) is 4.75. The summed E-state index contributed by atoms with van der Waals surface area (Å²) in [6.45, 7) is 8.23. The smallest absolute Gasteiger partial charge is 0.251 e. The van der Waals surface area contributed by atoms with E-state index in [9.17, 15) is 9.90 Å². The van der Waals surface area contributed by atoms with Crippen LogP contribution in [-0.2, 0) is 9.53 Å². The number of piperazine rings is 1. The van der Waals surface area contributed by atoms with Crippen molar-refractivity contribution in [3.05, 3.63) is 0 Å². The molecule has 2 aliphatic rings. The van der Waals surface area contributed by atoms with Crippen molar-refractivity contribution in [2.75, 3.05) is 39.3 Å². The Morgan fingerprint density at radius 1 is 1.26 bits per heavy atom. The van der Waals surface area contributed by atoms with Crippen LogP contribution in [-0.4, -0.2) is 72.4 Å². The van der Waals surface area contributed by atoms with Crippen molar-refractivity contribution in [3.63, 3.8) is 0 Å². The average molecular weight is 270 g/mol. The minimum absolute atomic E-state index is 0.109. The number of carbonyl (C=O) groups excluding carboxylic acids is 1. The first-order valence-corrected chi connectivity index (χ1v) is 7.37. The summed E-state index contributed by atoms with van der Waals surface area (Å²) in [6, 6.07) is 0. The molecule has 2 fully saturated rings. The van der Waals surface area contributed by atoms with Gasteiger partial charge in [-0.2, -0.15) is 0 Å². The summed E-state index contributed by atoms with van der Waals surface area (Å²) in [5.41, 5.74) is 0. The van der Waals surface area contributed by atoms with E-state index in [2.05, 4.69) is 4.90 Å². The molecule has 0 aromatic rings. The van der Waals surface area contributed by atoms with Crippen LogP contribution in [0.3, 0.4) is 0 Å². The summed E-state index contributed by atoms with van der Waals surface area (Å²) >= 11 is 0. The Balaban J connectivity index is 1.68. The van der Waals surface area contributed by atoms with E-state index >= 15 is 0 Å². The van der Waals surface area contributed by atoms with Gasteiger partial charge >= 0.3 is 0 Å². The van der Waals surface area contributed by atoms with Gasteiger partial charge in [-0.15, -0.1) is 0 Å². The van der Waals surface area contributed by atoms with Gasteiger partial charge in [0, 0.05) is 32.7 Å². The number of nitrogens with zero attached hydrogens (tertiary/aromatic N) is 2. The predicted octanol–water partition coefficient (Wildman–Crippen LogP) is 0.327. The molecule has 1 saturated carbocycles. The number of carbonyl (C=O) groups is 1. The molecule has 0 spiro atoms. The van der Waals surface area contributed by atoms with E-state index in [4.69, 9.17) is 4.74 Å². The van der Waals surface area contributed by atoms with Gasteiger partial charge in [0.15, 0.2) is 0 Å². The Hall–Kier alpha value is -0.650. The van der Waals surface area contributed by atoms with Gasteiger partial charge in [0.25, 0.3) is 5.91 Å². The molecule has 5 nitrogen and oxygen atoms in total. The van der Waals surface area contributed by atoms with E-state index < -0.39 is 0 Å². The van der Waals surface area contributed by atoms with Crippen LogP contribution in [0.1, 0.15) is 26.7 Å². The zero-order valence-electron chi connectivity index (χ0n) is 12.0. The molecule has 5 heteroatoms. The van der Waals surface area contributed by atoms with Crippen LogP contribution in [0.2, 0.25) is 0 Å². The highest BCUT2D eigenvalue weighted by molar-refractivity contribution is 5.80. The summed E-state index contributed by atoms with van der Waals surface area (Å²) in [4.78, 5) is 16.3. The fourth-order valence-electron chi connectivity index (χ4n) is 2.42. The Kier molecular flexibility index (Phi) is 5.19. The van der Waals surface area contributed by atoms with E-state index in [0.717, 1.165) is 32.8 Å². The molecule has 1 heterocycles. The van der Waals surface area contributed by atoms with Crippen LogP contribution < -0.4 is 0 Å². The van der Waals surface area contributed by atoms with E-state index in [-0.39, 0.29) is 18.1 Å². The number of aliphatic hydroxyl groups excluding tert-OH is 1. The van der Waals surface area contributed by atoms with Gasteiger partial charge in [0.1, 0.15) is 6.10 Å². The molecule has 1 saturated heterocycles. The van der Waals surface area contributed by atoms with Crippen LogP contribution in [0.5, 0.6) is 0 Å². The summed E-state index contributed by atoms with van der Waals surface area (Å²) < 4.78 is 5.63. The lowest BCUT2D eigenvalue weighted by atomic mass is 10.2. The van der Waals surface area contributed by atoms with Gasteiger partial charge in [-0.25, -0.2) is 0 Å². The molecule has 2 rings (SSSR count). The standard InChI is InChI=1S/C14H26N2O3/c1-11(17)9-15-5-7-16(8-6-15)14(18)12(2)19-10-13-3-4-13/h11-13,17H,3-10H2,1-2H3/t11-,12-/m1/s1. The molecule has 0 radical (unpaired) electrons. The van der Waals surface area contributed by atoms with E-state index in [1.165, 1.54) is 12.8 Å². The second-order valence-corrected chi connectivity index (χ2v) is 5.89. The molecular formula is C14H26N2O3. The highest BCUT2D eigenvalue weighted by Crippen LogP contribution is 2.29. The summed E-state index contributed by atoms with van der Waals surface area (Å²) in [6.07, 6.45) is 1.88. The van der Waals surface area contributed by atoms with Crippen molar-refractivity contribution in [1.29, 1.82) is 0 Å². The third-order valence-electron chi connectivity index (χ3n) is 3.83. The van der Waals surface area contributed by atoms with Crippen LogP contribution in [0, 0.1) is 5.92 Å². The lowest BCUT2D eigenvalue weighted by molar-refractivity contribution is -0.144. The molecule has 2 atom stereocenters. The SMILES string of the molecule is C[C@@H](O)CN1CCN(C(=O)[C@@H](C)OCC2CC2)CC1. The molecule has 110 valence electrons. The highest BCUT2D eigenvalue weighted by Gasteiger charge is 2.28. The Morgan fingerprint density at radius 3 is 2.42 bits per heavy atom. The summed E-state index contributed by atoms with van der Waals surface area (Å²) in [5.74, 6) is 0.801. The van der Waals surface area contributed by atoms with Crippen molar-refractivity contribution in [2.45, 2.75) is 38.9 Å². The highest BCUT2D eigenvalue weighted by atomic mass is 16.5. The molecule has 19 heavy (non-hydrogen) atoms. The zero-order valence-corrected chi connectivity index (χ0v) is 12.0. The summed E-state index contributed by atoms with van der Waals surface area (Å²) in [7, 11) is 0. The van der Waals surface area contributed by atoms with Crippen LogP contribution in [0.4, 0.5) is 0 Å². The third-order valence-corrected chi connectivity index (χ3v) is 3.83. The largest absolute Gasteiger partial charge is 0.392 e. The van der Waals surface area contributed by atoms with Crippen molar-refractivity contribution in [1.82, 2.24) is 9.80 Å². The van der Waals surface area contributed by atoms with Gasteiger partial charge in [0.2, 0.25) is 0 Å². The molecule has 0 aromatic heterocycles. The molecular weight excluding hydrogens is 244 g/mol. The van der Waals surface area contributed by atoms with Crippen molar-refractivity contribution in [3.8, 4) is 0 Å². The Bertz CT molecular complexity index is 297. The van der Waals surface area contributed by atoms with Crippen molar-refractivity contribution >= 4 is 5.91 Å². The van der Waals surface area contributed by atoms with E-state index in [0.29, 0.717) is 12.5 Å². The van der Waals surface area contributed by atoms with E-state index in [1.54, 1.807) is 6.92 Å². The lowest BCUT2D eigenvalue weighted by Gasteiger charge is -2.36. The predicted molar refractivity (Wildman–Crippen MR) is 72.8 cm³/mol. The Labute approximate surface area is 115 Å². The normalized spacial score (nSPS) is 24.3. The van der Waals surface area contributed by atoms with Crippen LogP contribution in [0.25, 0.3) is 0 Å². The quantitative estimate of drug-likeness (QED) is 0.755. The van der Waals surface area contributed by atoms with Gasteiger partial charge < -0.3 is 14.7 Å². The van der Waals surface area contributed by atoms with Gasteiger partial charge in [-0.05, 0) is 32.6 Å². The number of β-amino-alcohol motifs (C(OH)–C–C–N with tert-alkyl or cyclic N) is 1. The number of amides is 1. The molecule has 1 N–H and O–H groups in total. The second-order valence-electron chi connectivity index (χ2n) is 5.89. The minimum Gasteiger partial charge on any atom is -0.392 e. The average Bonchev–Trinajstić information content (AvgIpc) is 3.19. The van der Waals surface area contributed by atoms with Crippen molar-refractivity contribution < 1.29 is 14.6 Å². The maximum absolute atomic E-state index is 12.2. The fourth-order valence-corrected chi connectivity index (χ4v) is 2.42. The number of hydrogen-bond donors (Lipinski definition) is 1. The number of hydrogen-bond acceptors (Lipinski definition) is 4. The minimum atomic E-state index is -0.316. The summed E-state index contributed by atoms with van der Waals surface area (Å²) in [5, 5.41) is 9.35. The van der Waals surface area contributed by atoms with Crippen LogP contribution in [0.15, 0.2) is 0 Å². The topological polar surface area (TPSA) is 53.0 Å². The zero-order chi connectivity index (χ0) is 13.8. The monoisotopic (exact) mass is 270 g/mol. The van der Waals surface area contributed by atoms with Gasteiger partial charge in [0.05, 0.1) is 12.7 Å².